The van der Waals surface area contributed by atoms with Crippen LogP contribution in [0.25, 0.3) is 0 Å². The number of rotatable bonds is 8. The fraction of sp³-hybridized carbons (Fsp3) is 0.667. The Balaban J connectivity index is 2.04. The molecule has 1 aliphatic heterocycles. The number of likely N-dealkylation sites (tertiary alicyclic amines) is 1. The Labute approximate surface area is 154 Å². The number of nitrogens with one attached hydrogen (secondary N) is 2. The first-order chi connectivity index (χ1) is 12.1. The molecule has 0 radical (unpaired) electrons. The summed E-state index contributed by atoms with van der Waals surface area (Å²) in [5.74, 6) is 1.68. The smallest absolute Gasteiger partial charge is 0.191 e. The molecular formula is C21H36N4. The number of hydrogen-bond donors (Lipinski definition) is 2. The van der Waals surface area contributed by atoms with Gasteiger partial charge in [0.1, 0.15) is 0 Å². The van der Waals surface area contributed by atoms with Gasteiger partial charge in [-0.1, -0.05) is 44.2 Å². The molecule has 25 heavy (non-hydrogen) atoms. The predicted octanol–water partition coefficient (Wildman–Crippen LogP) is 3.25. The van der Waals surface area contributed by atoms with Crippen LogP contribution in [0.1, 0.15) is 45.6 Å². The number of aliphatic imine (C=N–C) groups is 1. The lowest BCUT2D eigenvalue weighted by Crippen LogP contribution is -2.41. The van der Waals surface area contributed by atoms with Crippen LogP contribution in [0.5, 0.6) is 0 Å². The highest BCUT2D eigenvalue weighted by Gasteiger charge is 2.28. The van der Waals surface area contributed by atoms with Crippen molar-refractivity contribution in [1.29, 1.82) is 0 Å². The maximum Gasteiger partial charge on any atom is 0.191 e. The van der Waals surface area contributed by atoms with Gasteiger partial charge in [-0.25, -0.2) is 0 Å². The minimum atomic E-state index is 0.122. The van der Waals surface area contributed by atoms with Crippen LogP contribution in [0.15, 0.2) is 35.3 Å². The summed E-state index contributed by atoms with van der Waals surface area (Å²) in [6.45, 7) is 11.8. The van der Waals surface area contributed by atoms with Gasteiger partial charge in [0.05, 0.1) is 6.54 Å². The summed E-state index contributed by atoms with van der Waals surface area (Å²) in [6, 6.07) is 10.9. The molecule has 4 heteroatoms. The zero-order valence-corrected chi connectivity index (χ0v) is 16.5. The third-order valence-corrected chi connectivity index (χ3v) is 5.67. The summed E-state index contributed by atoms with van der Waals surface area (Å²) in [4.78, 5) is 7.37. The first kappa shape index (κ1) is 19.8. The lowest BCUT2D eigenvalue weighted by Gasteiger charge is -2.31. The molecule has 0 aliphatic carbocycles. The number of guanidine groups is 1. The minimum Gasteiger partial charge on any atom is -0.357 e. The van der Waals surface area contributed by atoms with Crippen LogP contribution in [0.4, 0.5) is 0 Å². The van der Waals surface area contributed by atoms with Crippen molar-refractivity contribution in [3.63, 3.8) is 0 Å². The Morgan fingerprint density at radius 1 is 1.16 bits per heavy atom. The van der Waals surface area contributed by atoms with Crippen LogP contribution in [0, 0.1) is 5.92 Å². The average Bonchev–Trinajstić information content (AvgIpc) is 3.07. The van der Waals surface area contributed by atoms with Crippen molar-refractivity contribution in [2.24, 2.45) is 10.9 Å². The molecule has 1 aromatic carbocycles. The first-order valence-corrected chi connectivity index (χ1v) is 9.89. The van der Waals surface area contributed by atoms with E-state index in [-0.39, 0.29) is 5.41 Å². The molecule has 0 spiro atoms. The van der Waals surface area contributed by atoms with Gasteiger partial charge in [-0.3, -0.25) is 4.99 Å². The van der Waals surface area contributed by atoms with Gasteiger partial charge in [0.2, 0.25) is 0 Å². The second-order valence-electron chi connectivity index (χ2n) is 7.35. The highest BCUT2D eigenvalue weighted by Crippen LogP contribution is 2.31. The molecule has 0 aromatic heterocycles. The Morgan fingerprint density at radius 2 is 1.88 bits per heavy atom. The third-order valence-electron chi connectivity index (χ3n) is 5.67. The van der Waals surface area contributed by atoms with E-state index in [4.69, 9.17) is 4.99 Å². The summed E-state index contributed by atoms with van der Waals surface area (Å²) in [6.07, 6.45) is 3.48. The van der Waals surface area contributed by atoms with E-state index in [1.165, 1.54) is 25.1 Å². The molecule has 1 unspecified atom stereocenters. The minimum absolute atomic E-state index is 0.122. The van der Waals surface area contributed by atoms with Crippen molar-refractivity contribution in [3.05, 3.63) is 35.9 Å². The molecule has 1 aliphatic rings. The second-order valence-corrected chi connectivity index (χ2v) is 7.35. The molecule has 0 amide bonds. The van der Waals surface area contributed by atoms with Crippen LogP contribution in [0.3, 0.4) is 0 Å². The first-order valence-electron chi connectivity index (χ1n) is 9.89. The summed E-state index contributed by atoms with van der Waals surface area (Å²) in [7, 11) is 2.20. The molecule has 140 valence electrons. The third kappa shape index (κ3) is 5.46. The summed E-state index contributed by atoms with van der Waals surface area (Å²) < 4.78 is 0. The van der Waals surface area contributed by atoms with Gasteiger partial charge < -0.3 is 15.5 Å². The van der Waals surface area contributed by atoms with Gasteiger partial charge in [0.25, 0.3) is 0 Å². The predicted molar refractivity (Wildman–Crippen MR) is 108 cm³/mol. The SMILES string of the molecule is CCNC(=NCC(CC)(CC)c1ccccc1)NCC1CCN(C)C1. The van der Waals surface area contributed by atoms with Crippen molar-refractivity contribution in [3.8, 4) is 0 Å². The van der Waals surface area contributed by atoms with Crippen molar-refractivity contribution in [1.82, 2.24) is 15.5 Å². The quantitative estimate of drug-likeness (QED) is 0.562. The van der Waals surface area contributed by atoms with E-state index in [0.717, 1.165) is 44.4 Å². The van der Waals surface area contributed by atoms with E-state index in [1.54, 1.807) is 0 Å². The van der Waals surface area contributed by atoms with Crippen molar-refractivity contribution < 1.29 is 0 Å². The summed E-state index contributed by atoms with van der Waals surface area (Å²) >= 11 is 0. The standard InChI is InChI=1S/C21H36N4/c1-5-21(6-2,19-11-9-8-10-12-19)17-24-20(22-7-3)23-15-18-13-14-25(4)16-18/h8-12,18H,5-7,13-17H2,1-4H3,(H2,22,23,24). The Kier molecular flexibility index (Phi) is 7.76. The molecule has 0 saturated carbocycles. The fourth-order valence-electron chi connectivity index (χ4n) is 3.77. The van der Waals surface area contributed by atoms with Gasteiger partial charge in [0.15, 0.2) is 5.96 Å². The molecular weight excluding hydrogens is 308 g/mol. The summed E-state index contributed by atoms with van der Waals surface area (Å²) in [5.41, 5.74) is 1.52. The zero-order valence-electron chi connectivity index (χ0n) is 16.5. The molecule has 1 fully saturated rings. The zero-order chi connectivity index (χ0) is 18.1. The van der Waals surface area contributed by atoms with Gasteiger partial charge in [-0.15, -0.1) is 0 Å². The maximum atomic E-state index is 4.96. The van der Waals surface area contributed by atoms with Crippen molar-refractivity contribution in [2.75, 3.05) is 39.8 Å². The van der Waals surface area contributed by atoms with E-state index in [9.17, 15) is 0 Å². The van der Waals surface area contributed by atoms with Crippen molar-refractivity contribution >= 4 is 5.96 Å². The maximum absolute atomic E-state index is 4.96. The van der Waals surface area contributed by atoms with Crippen LogP contribution in [-0.4, -0.2) is 50.6 Å². The van der Waals surface area contributed by atoms with Gasteiger partial charge in [-0.2, -0.15) is 0 Å². The van der Waals surface area contributed by atoms with Gasteiger partial charge in [0, 0.05) is 25.0 Å². The van der Waals surface area contributed by atoms with Crippen LogP contribution in [-0.2, 0) is 5.41 Å². The van der Waals surface area contributed by atoms with E-state index >= 15 is 0 Å². The largest absolute Gasteiger partial charge is 0.357 e. The molecule has 1 aromatic rings. The molecule has 0 bridgehead atoms. The lowest BCUT2D eigenvalue weighted by molar-refractivity contribution is 0.393. The van der Waals surface area contributed by atoms with Crippen LogP contribution >= 0.6 is 0 Å². The molecule has 1 atom stereocenters. The van der Waals surface area contributed by atoms with Gasteiger partial charge in [-0.05, 0) is 51.3 Å². The number of nitrogens with zero attached hydrogens (tertiary/aromatic N) is 2. The van der Waals surface area contributed by atoms with Gasteiger partial charge >= 0.3 is 0 Å². The molecule has 1 saturated heterocycles. The fourth-order valence-corrected chi connectivity index (χ4v) is 3.77. The molecule has 2 N–H and O–H groups in total. The van der Waals surface area contributed by atoms with E-state index in [1.807, 2.05) is 0 Å². The summed E-state index contributed by atoms with van der Waals surface area (Å²) in [5, 5.41) is 6.98. The van der Waals surface area contributed by atoms with Crippen LogP contribution in [0.2, 0.25) is 0 Å². The Morgan fingerprint density at radius 3 is 2.44 bits per heavy atom. The Bertz CT molecular complexity index is 522. The average molecular weight is 345 g/mol. The normalized spacial score (nSPS) is 19.2. The van der Waals surface area contributed by atoms with Crippen molar-refractivity contribution in [2.45, 2.75) is 45.4 Å². The lowest BCUT2D eigenvalue weighted by atomic mass is 9.76. The number of hydrogen-bond acceptors (Lipinski definition) is 2. The topological polar surface area (TPSA) is 39.7 Å². The second kappa shape index (κ2) is 9.81. The van der Waals surface area contributed by atoms with E-state index < -0.39 is 0 Å². The molecule has 4 nitrogen and oxygen atoms in total. The van der Waals surface area contributed by atoms with E-state index in [0.29, 0.717) is 0 Å². The monoisotopic (exact) mass is 344 g/mol. The highest BCUT2D eigenvalue weighted by molar-refractivity contribution is 5.79. The highest BCUT2D eigenvalue weighted by atomic mass is 15.2. The molecule has 2 rings (SSSR count). The Hall–Kier alpha value is -1.55. The molecule has 1 heterocycles. The van der Waals surface area contributed by atoms with Crippen LogP contribution < -0.4 is 10.6 Å². The van der Waals surface area contributed by atoms with E-state index in [2.05, 4.69) is 73.7 Å². The number of benzene rings is 1.